The highest BCUT2D eigenvalue weighted by Crippen LogP contribution is 2.44. The molecular weight excluding hydrogens is 358 g/mol. The van der Waals surface area contributed by atoms with E-state index < -0.39 is 0 Å². The fraction of sp³-hybridized carbons (Fsp3) is 0.577. The quantitative estimate of drug-likeness (QED) is 0.464. The number of benzene rings is 1. The highest BCUT2D eigenvalue weighted by Gasteiger charge is 2.44. The molecule has 3 rings (SSSR count). The van der Waals surface area contributed by atoms with Crippen LogP contribution in [0.15, 0.2) is 47.2 Å². The minimum absolute atomic E-state index is 0.0628. The third-order valence-corrected chi connectivity index (χ3v) is 6.53. The molecule has 1 atom stereocenters. The summed E-state index contributed by atoms with van der Waals surface area (Å²) in [5.41, 5.74) is 5.61. The lowest BCUT2D eigenvalue weighted by Gasteiger charge is -2.40. The van der Waals surface area contributed by atoms with Crippen LogP contribution in [0.25, 0.3) is 0 Å². The first-order chi connectivity index (χ1) is 14.0. The molecule has 2 aliphatic heterocycles. The van der Waals surface area contributed by atoms with Gasteiger partial charge in [-0.05, 0) is 62.3 Å². The summed E-state index contributed by atoms with van der Waals surface area (Å²) in [6.45, 7) is 7.83. The van der Waals surface area contributed by atoms with Crippen molar-refractivity contribution in [1.29, 1.82) is 0 Å². The van der Waals surface area contributed by atoms with Gasteiger partial charge in [0.05, 0.1) is 7.11 Å². The zero-order valence-electron chi connectivity index (χ0n) is 18.7. The van der Waals surface area contributed by atoms with Gasteiger partial charge in [-0.15, -0.1) is 0 Å². The Morgan fingerprint density at radius 2 is 1.72 bits per heavy atom. The van der Waals surface area contributed by atoms with E-state index in [1.54, 1.807) is 18.3 Å². The van der Waals surface area contributed by atoms with Crippen molar-refractivity contribution in [2.45, 2.75) is 84.1 Å². The molecule has 1 aromatic rings. The molecule has 0 aromatic heterocycles. The molecular formula is C26H37NO2. The van der Waals surface area contributed by atoms with E-state index in [1.807, 2.05) is 18.2 Å². The number of allylic oxidation sites excluding steroid dienone is 3. The second-order valence-corrected chi connectivity index (χ2v) is 8.98. The second kappa shape index (κ2) is 9.65. The normalized spacial score (nSPS) is 21.2. The van der Waals surface area contributed by atoms with Crippen LogP contribution in [0.5, 0.6) is 5.75 Å². The van der Waals surface area contributed by atoms with Crippen LogP contribution in [0, 0.1) is 0 Å². The first-order valence-electron chi connectivity index (χ1n) is 11.3. The molecule has 0 spiro atoms. The summed E-state index contributed by atoms with van der Waals surface area (Å²) in [6, 6.07) is 8.22. The molecule has 0 N–H and O–H groups in total. The lowest BCUT2D eigenvalue weighted by atomic mass is 9.85. The summed E-state index contributed by atoms with van der Waals surface area (Å²) in [4.78, 5) is 15.1. The number of fused-ring (bicyclic) bond motifs is 1. The third kappa shape index (κ3) is 5.12. The third-order valence-electron chi connectivity index (χ3n) is 6.53. The molecule has 0 saturated carbocycles. The molecule has 1 saturated heterocycles. The number of hydrogen-bond acceptors (Lipinski definition) is 3. The minimum Gasteiger partial charge on any atom is -0.497 e. The number of carbonyl (C=O) groups is 1. The summed E-state index contributed by atoms with van der Waals surface area (Å²) in [6.07, 6.45) is 11.8. The molecule has 0 radical (unpaired) electrons. The fourth-order valence-electron chi connectivity index (χ4n) is 4.88. The smallest absolute Gasteiger partial charge is 0.159 e. The highest BCUT2D eigenvalue weighted by atomic mass is 16.5. The predicted octanol–water partition coefficient (Wildman–Crippen LogP) is 6.24. The van der Waals surface area contributed by atoms with Crippen LogP contribution in [0.4, 0.5) is 0 Å². The molecule has 1 aromatic carbocycles. The summed E-state index contributed by atoms with van der Waals surface area (Å²) in [7, 11) is 1.69. The molecule has 0 amide bonds. The monoisotopic (exact) mass is 395 g/mol. The zero-order chi connectivity index (χ0) is 20.9. The number of hydrogen-bond donors (Lipinski definition) is 0. The Morgan fingerprint density at radius 3 is 2.31 bits per heavy atom. The van der Waals surface area contributed by atoms with E-state index in [4.69, 9.17) is 4.74 Å². The first-order valence-corrected chi connectivity index (χ1v) is 11.3. The average Bonchev–Trinajstić information content (AvgIpc) is 3.05. The van der Waals surface area contributed by atoms with E-state index in [9.17, 15) is 4.79 Å². The number of carbonyl (C=O) groups excluding carboxylic acids is 1. The molecule has 0 bridgehead atoms. The van der Waals surface area contributed by atoms with Gasteiger partial charge in [0.15, 0.2) is 5.78 Å². The Morgan fingerprint density at radius 1 is 1.07 bits per heavy atom. The van der Waals surface area contributed by atoms with Gasteiger partial charge in [-0.3, -0.25) is 4.79 Å². The van der Waals surface area contributed by atoms with E-state index in [1.165, 1.54) is 49.8 Å². The van der Waals surface area contributed by atoms with Crippen molar-refractivity contribution < 1.29 is 9.53 Å². The Labute approximate surface area is 176 Å². The number of rotatable bonds is 9. The van der Waals surface area contributed by atoms with Gasteiger partial charge in [0, 0.05) is 36.7 Å². The van der Waals surface area contributed by atoms with Crippen LogP contribution < -0.4 is 4.74 Å². The molecule has 2 aliphatic rings. The van der Waals surface area contributed by atoms with E-state index in [-0.39, 0.29) is 11.3 Å². The summed E-state index contributed by atoms with van der Waals surface area (Å²) in [5.74, 6) is 1.15. The van der Waals surface area contributed by atoms with Crippen LogP contribution in [-0.2, 0) is 11.2 Å². The van der Waals surface area contributed by atoms with Gasteiger partial charge in [-0.2, -0.15) is 0 Å². The van der Waals surface area contributed by atoms with Crippen molar-refractivity contribution in [2.75, 3.05) is 13.7 Å². The van der Waals surface area contributed by atoms with Crippen LogP contribution in [0.1, 0.15) is 77.7 Å². The van der Waals surface area contributed by atoms with Crippen LogP contribution in [0.3, 0.4) is 0 Å². The van der Waals surface area contributed by atoms with E-state index in [0.717, 1.165) is 25.1 Å². The van der Waals surface area contributed by atoms with Crippen LogP contribution in [0.2, 0.25) is 0 Å². The zero-order valence-corrected chi connectivity index (χ0v) is 18.7. The Bertz CT molecular complexity index is 764. The highest BCUT2D eigenvalue weighted by molar-refractivity contribution is 5.92. The molecule has 29 heavy (non-hydrogen) atoms. The minimum atomic E-state index is -0.0628. The van der Waals surface area contributed by atoms with Crippen molar-refractivity contribution in [3.05, 3.63) is 52.7 Å². The molecule has 158 valence electrons. The maximum absolute atomic E-state index is 12.6. The van der Waals surface area contributed by atoms with Crippen molar-refractivity contribution in [3.8, 4) is 5.75 Å². The topological polar surface area (TPSA) is 29.5 Å². The van der Waals surface area contributed by atoms with E-state index in [0.29, 0.717) is 6.42 Å². The lowest BCUT2D eigenvalue weighted by molar-refractivity contribution is -0.117. The van der Waals surface area contributed by atoms with E-state index >= 15 is 0 Å². The van der Waals surface area contributed by atoms with Crippen molar-refractivity contribution in [3.63, 3.8) is 0 Å². The van der Waals surface area contributed by atoms with Gasteiger partial charge in [-0.25, -0.2) is 0 Å². The van der Waals surface area contributed by atoms with Crippen LogP contribution in [-0.4, -0.2) is 29.9 Å². The molecule has 3 heteroatoms. The Balaban J connectivity index is 1.84. The van der Waals surface area contributed by atoms with Crippen molar-refractivity contribution in [1.82, 2.24) is 4.90 Å². The van der Waals surface area contributed by atoms with Gasteiger partial charge < -0.3 is 9.64 Å². The Kier molecular flexibility index (Phi) is 7.21. The maximum Gasteiger partial charge on any atom is 0.159 e. The standard InChI is InChI=1S/C26H37NO2/c1-5-7-9-21(10-8-6-2)22-17-26(3)18-24(28)16-23(27(26)19-22)15-20-11-13-25(29-4)14-12-20/h11-14,16H,5-10,15,17-19H2,1-4H3/t26-/m1/s1. The van der Waals surface area contributed by atoms with Gasteiger partial charge in [0.1, 0.15) is 5.75 Å². The number of methoxy groups -OCH3 is 1. The average molecular weight is 396 g/mol. The SMILES string of the molecule is CCCCC(CCCC)=C1CN2C(Cc3ccc(OC)cc3)=CC(=O)C[C@@]2(C)C1. The largest absolute Gasteiger partial charge is 0.497 e. The molecule has 0 unspecified atom stereocenters. The fourth-order valence-corrected chi connectivity index (χ4v) is 4.88. The maximum atomic E-state index is 12.6. The van der Waals surface area contributed by atoms with Gasteiger partial charge in [0.25, 0.3) is 0 Å². The number of unbranched alkanes of at least 4 members (excludes halogenated alkanes) is 2. The van der Waals surface area contributed by atoms with E-state index in [2.05, 4.69) is 37.8 Å². The molecule has 3 nitrogen and oxygen atoms in total. The van der Waals surface area contributed by atoms with Gasteiger partial charge >= 0.3 is 0 Å². The number of ketones is 1. The lowest BCUT2D eigenvalue weighted by Crippen LogP contribution is -2.45. The molecule has 1 fully saturated rings. The van der Waals surface area contributed by atoms with Gasteiger partial charge in [-0.1, -0.05) is 44.4 Å². The number of nitrogens with zero attached hydrogens (tertiary/aromatic N) is 1. The Hall–Kier alpha value is -2.03. The number of ether oxygens (including phenoxy) is 1. The van der Waals surface area contributed by atoms with Crippen molar-refractivity contribution >= 4 is 5.78 Å². The van der Waals surface area contributed by atoms with Crippen molar-refractivity contribution in [2.24, 2.45) is 0 Å². The molecule has 2 heterocycles. The second-order valence-electron chi connectivity index (χ2n) is 8.98. The van der Waals surface area contributed by atoms with Gasteiger partial charge in [0.2, 0.25) is 0 Å². The summed E-state index contributed by atoms with van der Waals surface area (Å²) >= 11 is 0. The predicted molar refractivity (Wildman–Crippen MR) is 120 cm³/mol. The summed E-state index contributed by atoms with van der Waals surface area (Å²) < 4.78 is 5.28. The summed E-state index contributed by atoms with van der Waals surface area (Å²) in [5, 5.41) is 0. The van der Waals surface area contributed by atoms with Crippen LogP contribution >= 0.6 is 0 Å². The molecule has 0 aliphatic carbocycles. The first kappa shape index (κ1) is 21.7.